The van der Waals surface area contributed by atoms with E-state index in [1.807, 2.05) is 38.4 Å². The number of hydrogen-bond acceptors (Lipinski definition) is 6. The second kappa shape index (κ2) is 10.3. The molecule has 1 aromatic carbocycles. The highest BCUT2D eigenvalue weighted by atomic mass is 16.5. The van der Waals surface area contributed by atoms with E-state index in [9.17, 15) is 5.11 Å². The number of likely N-dealkylation sites (N-methyl/N-ethyl adjacent to an activating group) is 1. The lowest BCUT2D eigenvalue weighted by atomic mass is 10.2. The molecular weight excluding hydrogens is 344 g/mol. The van der Waals surface area contributed by atoms with Crippen molar-refractivity contribution >= 4 is 0 Å². The summed E-state index contributed by atoms with van der Waals surface area (Å²) in [6, 6.07) is 6.20. The normalized spacial score (nSPS) is 12.6. The van der Waals surface area contributed by atoms with Crippen LogP contribution >= 0.6 is 0 Å². The van der Waals surface area contributed by atoms with Gasteiger partial charge in [0.15, 0.2) is 11.5 Å². The minimum absolute atomic E-state index is 0.225. The lowest BCUT2D eigenvalue weighted by molar-refractivity contribution is 0.0668. The van der Waals surface area contributed by atoms with Crippen molar-refractivity contribution in [3.8, 4) is 11.5 Å². The van der Waals surface area contributed by atoms with Crippen LogP contribution in [0.3, 0.4) is 0 Å². The van der Waals surface area contributed by atoms with Crippen molar-refractivity contribution in [1.82, 2.24) is 20.2 Å². The molecule has 7 nitrogen and oxygen atoms in total. The Hall–Kier alpha value is -2.09. The second-order valence-corrected chi connectivity index (χ2v) is 7.10. The van der Waals surface area contributed by atoms with Gasteiger partial charge in [0.1, 0.15) is 18.5 Å². The van der Waals surface area contributed by atoms with E-state index in [4.69, 9.17) is 9.47 Å². The average molecular weight is 377 g/mol. The Morgan fingerprint density at radius 1 is 1.26 bits per heavy atom. The molecule has 0 bridgehead atoms. The summed E-state index contributed by atoms with van der Waals surface area (Å²) in [5, 5.41) is 13.5. The summed E-state index contributed by atoms with van der Waals surface area (Å²) in [7, 11) is 3.61. The molecule has 27 heavy (non-hydrogen) atoms. The first-order chi connectivity index (χ1) is 12.9. The molecule has 1 aromatic heterocycles. The van der Waals surface area contributed by atoms with Crippen molar-refractivity contribution in [2.75, 3.05) is 27.3 Å². The third kappa shape index (κ3) is 6.86. The Bertz CT molecular complexity index is 702. The second-order valence-electron chi connectivity index (χ2n) is 7.10. The number of aliphatic hydroxyl groups is 1. The fourth-order valence-corrected chi connectivity index (χ4v) is 2.61. The highest BCUT2D eigenvalue weighted by Gasteiger charge is 2.13. The highest BCUT2D eigenvalue weighted by molar-refractivity contribution is 5.43. The van der Waals surface area contributed by atoms with E-state index in [0.717, 1.165) is 17.1 Å². The molecule has 7 heteroatoms. The predicted molar refractivity (Wildman–Crippen MR) is 106 cm³/mol. The maximum Gasteiger partial charge on any atom is 0.161 e. The standard InChI is InChI=1S/C20H32N4O3/c1-14(2)24(4)12-17(25)13-27-18-7-6-16(8-19(18)26-5)10-21-11-20-22-9-15(3)23-20/h6-9,14,17,21,25H,10-13H2,1-5H3,(H,22,23). The SMILES string of the molecule is COc1cc(CNCc2ncc(C)[nH]2)ccc1OCC(O)CN(C)C(C)C. The van der Waals surface area contributed by atoms with E-state index in [1.165, 1.54) is 0 Å². The van der Waals surface area contributed by atoms with Gasteiger partial charge in [0.2, 0.25) is 0 Å². The van der Waals surface area contributed by atoms with Crippen molar-refractivity contribution in [3.63, 3.8) is 0 Å². The molecule has 0 saturated heterocycles. The zero-order valence-corrected chi connectivity index (χ0v) is 17.0. The van der Waals surface area contributed by atoms with Gasteiger partial charge in [-0.3, -0.25) is 0 Å². The van der Waals surface area contributed by atoms with Gasteiger partial charge >= 0.3 is 0 Å². The number of nitrogens with zero attached hydrogens (tertiary/aromatic N) is 2. The van der Waals surface area contributed by atoms with E-state index in [0.29, 0.717) is 37.2 Å². The van der Waals surface area contributed by atoms with Crippen molar-refractivity contribution < 1.29 is 14.6 Å². The molecule has 1 heterocycles. The largest absolute Gasteiger partial charge is 0.493 e. The summed E-state index contributed by atoms with van der Waals surface area (Å²) < 4.78 is 11.2. The number of rotatable bonds is 11. The van der Waals surface area contributed by atoms with Gasteiger partial charge in [-0.25, -0.2) is 4.98 Å². The molecule has 2 rings (SSSR count). The molecule has 0 saturated carbocycles. The van der Waals surface area contributed by atoms with Crippen LogP contribution in [0.5, 0.6) is 11.5 Å². The first-order valence-corrected chi connectivity index (χ1v) is 9.28. The molecule has 3 N–H and O–H groups in total. The van der Waals surface area contributed by atoms with Crippen LogP contribution in [-0.2, 0) is 13.1 Å². The molecule has 2 aromatic rings. The maximum atomic E-state index is 10.1. The Morgan fingerprint density at radius 2 is 2.04 bits per heavy atom. The van der Waals surface area contributed by atoms with Gasteiger partial charge in [-0.2, -0.15) is 0 Å². The molecule has 0 spiro atoms. The number of nitrogens with one attached hydrogen (secondary N) is 2. The zero-order valence-electron chi connectivity index (χ0n) is 17.0. The molecule has 0 fully saturated rings. The van der Waals surface area contributed by atoms with E-state index >= 15 is 0 Å². The van der Waals surface area contributed by atoms with Gasteiger partial charge in [0, 0.05) is 31.0 Å². The number of methoxy groups -OCH3 is 1. The number of aliphatic hydroxyl groups excluding tert-OH is 1. The number of aromatic nitrogens is 2. The monoisotopic (exact) mass is 376 g/mol. The molecule has 0 aliphatic carbocycles. The molecule has 0 amide bonds. The number of hydrogen-bond donors (Lipinski definition) is 3. The third-order valence-corrected chi connectivity index (χ3v) is 4.42. The van der Waals surface area contributed by atoms with Crippen LogP contribution in [0.15, 0.2) is 24.4 Å². The summed E-state index contributed by atoms with van der Waals surface area (Å²) in [5.41, 5.74) is 2.14. The Balaban J connectivity index is 1.85. The van der Waals surface area contributed by atoms with Crippen molar-refractivity contribution in [3.05, 3.63) is 41.5 Å². The minimum Gasteiger partial charge on any atom is -0.493 e. The molecule has 0 aliphatic heterocycles. The molecule has 0 radical (unpaired) electrons. The number of imidazole rings is 1. The number of aryl methyl sites for hydroxylation is 1. The van der Waals surface area contributed by atoms with E-state index in [2.05, 4.69) is 34.0 Å². The fourth-order valence-electron chi connectivity index (χ4n) is 2.61. The van der Waals surface area contributed by atoms with Gasteiger partial charge in [0.05, 0.1) is 13.7 Å². The van der Waals surface area contributed by atoms with E-state index < -0.39 is 6.10 Å². The van der Waals surface area contributed by atoms with Gasteiger partial charge < -0.3 is 29.8 Å². The number of aromatic amines is 1. The van der Waals surface area contributed by atoms with Crippen molar-refractivity contribution in [1.29, 1.82) is 0 Å². The minimum atomic E-state index is -0.555. The van der Waals surface area contributed by atoms with Crippen LogP contribution in [0.25, 0.3) is 0 Å². The van der Waals surface area contributed by atoms with Crippen LogP contribution in [-0.4, -0.2) is 59.4 Å². The lowest BCUT2D eigenvalue weighted by Gasteiger charge is -2.24. The summed E-state index contributed by atoms with van der Waals surface area (Å²) >= 11 is 0. The van der Waals surface area contributed by atoms with Crippen molar-refractivity contribution in [2.24, 2.45) is 0 Å². The van der Waals surface area contributed by atoms with Crippen LogP contribution in [0.4, 0.5) is 0 Å². The van der Waals surface area contributed by atoms with E-state index in [-0.39, 0.29) is 6.61 Å². The van der Waals surface area contributed by atoms with Crippen molar-refractivity contribution in [2.45, 2.75) is 46.0 Å². The van der Waals surface area contributed by atoms with Gasteiger partial charge in [0.25, 0.3) is 0 Å². The maximum absolute atomic E-state index is 10.1. The van der Waals surface area contributed by atoms with Crippen LogP contribution in [0.1, 0.15) is 30.9 Å². The summed E-state index contributed by atoms with van der Waals surface area (Å²) in [4.78, 5) is 9.56. The highest BCUT2D eigenvalue weighted by Crippen LogP contribution is 2.28. The number of H-pyrrole nitrogens is 1. The molecule has 1 atom stereocenters. The quantitative estimate of drug-likeness (QED) is 0.557. The Labute approximate surface area is 161 Å². The number of benzene rings is 1. The fraction of sp³-hybridized carbons (Fsp3) is 0.550. The van der Waals surface area contributed by atoms with Gasteiger partial charge in [-0.05, 0) is 45.5 Å². The lowest BCUT2D eigenvalue weighted by Crippen LogP contribution is -2.36. The van der Waals surface area contributed by atoms with Gasteiger partial charge in [-0.1, -0.05) is 6.07 Å². The topological polar surface area (TPSA) is 82.6 Å². The molecule has 1 unspecified atom stereocenters. The molecule has 150 valence electrons. The Kier molecular flexibility index (Phi) is 8.09. The molecular formula is C20H32N4O3. The Morgan fingerprint density at radius 3 is 2.67 bits per heavy atom. The predicted octanol–water partition coefficient (Wildman–Crippen LogP) is 2.10. The third-order valence-electron chi connectivity index (χ3n) is 4.42. The van der Waals surface area contributed by atoms with Crippen LogP contribution in [0, 0.1) is 6.92 Å². The summed E-state index contributed by atoms with van der Waals surface area (Å²) in [6.07, 6.45) is 1.26. The molecule has 0 aliphatic rings. The van der Waals surface area contributed by atoms with E-state index in [1.54, 1.807) is 7.11 Å². The zero-order chi connectivity index (χ0) is 19.8. The average Bonchev–Trinajstić information content (AvgIpc) is 3.05. The smallest absolute Gasteiger partial charge is 0.161 e. The summed E-state index contributed by atoms with van der Waals surface area (Å²) in [5.74, 6) is 2.21. The number of ether oxygens (including phenoxy) is 2. The summed E-state index contributed by atoms with van der Waals surface area (Å²) in [6.45, 7) is 8.32. The first kappa shape index (κ1) is 21.2. The van der Waals surface area contributed by atoms with Crippen LogP contribution < -0.4 is 14.8 Å². The first-order valence-electron chi connectivity index (χ1n) is 9.28. The van der Waals surface area contributed by atoms with Gasteiger partial charge in [-0.15, -0.1) is 0 Å². The van der Waals surface area contributed by atoms with Crippen LogP contribution in [0.2, 0.25) is 0 Å².